The van der Waals surface area contributed by atoms with Crippen molar-refractivity contribution in [3.63, 3.8) is 0 Å². The number of ether oxygens (including phenoxy) is 2. The van der Waals surface area contributed by atoms with E-state index in [9.17, 15) is 9.18 Å². The SMILES string of the molecule is COCCC(N)C(=O)c1ccc(OC)cc1F. The lowest BCUT2D eigenvalue weighted by Crippen LogP contribution is -2.32. The molecule has 1 aromatic carbocycles. The number of hydrogen-bond donors (Lipinski definition) is 1. The van der Waals surface area contributed by atoms with Gasteiger partial charge in [0.05, 0.1) is 18.7 Å². The molecule has 0 fully saturated rings. The average Bonchev–Trinajstić information content (AvgIpc) is 2.34. The van der Waals surface area contributed by atoms with E-state index in [-0.39, 0.29) is 5.56 Å². The van der Waals surface area contributed by atoms with Gasteiger partial charge in [-0.05, 0) is 18.6 Å². The van der Waals surface area contributed by atoms with Crippen LogP contribution >= 0.6 is 0 Å². The summed E-state index contributed by atoms with van der Waals surface area (Å²) in [7, 11) is 2.95. The summed E-state index contributed by atoms with van der Waals surface area (Å²) < 4.78 is 23.3. The van der Waals surface area contributed by atoms with Crippen molar-refractivity contribution in [1.29, 1.82) is 0 Å². The molecule has 5 heteroatoms. The molecule has 0 aromatic heterocycles. The quantitative estimate of drug-likeness (QED) is 0.764. The molecule has 0 bridgehead atoms. The largest absolute Gasteiger partial charge is 0.497 e. The first kappa shape index (κ1) is 13.6. The van der Waals surface area contributed by atoms with E-state index in [4.69, 9.17) is 15.2 Å². The summed E-state index contributed by atoms with van der Waals surface area (Å²) in [5, 5.41) is 0. The Morgan fingerprint density at radius 2 is 2.18 bits per heavy atom. The highest BCUT2D eigenvalue weighted by Crippen LogP contribution is 2.17. The number of hydrogen-bond acceptors (Lipinski definition) is 4. The highest BCUT2D eigenvalue weighted by atomic mass is 19.1. The van der Waals surface area contributed by atoms with Crippen LogP contribution in [0.2, 0.25) is 0 Å². The third-order valence-corrected chi connectivity index (χ3v) is 2.41. The molecule has 0 aliphatic heterocycles. The highest BCUT2D eigenvalue weighted by Gasteiger charge is 2.19. The van der Waals surface area contributed by atoms with Crippen LogP contribution in [-0.4, -0.2) is 32.7 Å². The Morgan fingerprint density at radius 3 is 2.71 bits per heavy atom. The second-order valence-electron chi connectivity index (χ2n) is 3.60. The zero-order valence-electron chi connectivity index (χ0n) is 9.90. The van der Waals surface area contributed by atoms with Gasteiger partial charge in [-0.3, -0.25) is 4.79 Å². The van der Waals surface area contributed by atoms with Gasteiger partial charge in [0.25, 0.3) is 0 Å². The van der Waals surface area contributed by atoms with Crippen LogP contribution in [0.1, 0.15) is 16.8 Å². The Labute approximate surface area is 99.5 Å². The van der Waals surface area contributed by atoms with E-state index >= 15 is 0 Å². The topological polar surface area (TPSA) is 61.5 Å². The van der Waals surface area contributed by atoms with Crippen LogP contribution in [0.5, 0.6) is 5.75 Å². The summed E-state index contributed by atoms with van der Waals surface area (Å²) in [5.41, 5.74) is 5.63. The van der Waals surface area contributed by atoms with Crippen LogP contribution in [0.25, 0.3) is 0 Å². The lowest BCUT2D eigenvalue weighted by Gasteiger charge is -2.11. The molecule has 1 rings (SSSR count). The molecule has 17 heavy (non-hydrogen) atoms. The maximum atomic E-state index is 13.6. The molecule has 94 valence electrons. The smallest absolute Gasteiger partial charge is 0.182 e. The number of Topliss-reactive ketones (excluding diaryl/α,β-unsaturated/α-hetero) is 1. The van der Waals surface area contributed by atoms with Crippen LogP contribution in [-0.2, 0) is 4.74 Å². The Morgan fingerprint density at radius 1 is 1.47 bits per heavy atom. The van der Waals surface area contributed by atoms with Gasteiger partial charge in [-0.25, -0.2) is 4.39 Å². The van der Waals surface area contributed by atoms with Gasteiger partial charge >= 0.3 is 0 Å². The van der Waals surface area contributed by atoms with Gasteiger partial charge in [-0.2, -0.15) is 0 Å². The third-order valence-electron chi connectivity index (χ3n) is 2.41. The number of methoxy groups -OCH3 is 2. The van der Waals surface area contributed by atoms with Gasteiger partial charge in [-0.1, -0.05) is 0 Å². The molecule has 0 aliphatic rings. The zero-order chi connectivity index (χ0) is 12.8. The third kappa shape index (κ3) is 3.51. The van der Waals surface area contributed by atoms with E-state index in [1.807, 2.05) is 0 Å². The van der Waals surface area contributed by atoms with Crippen LogP contribution in [0.15, 0.2) is 18.2 Å². The molecular formula is C12H16FNO3. The Hall–Kier alpha value is -1.46. The van der Waals surface area contributed by atoms with Crippen LogP contribution in [0.4, 0.5) is 4.39 Å². The van der Waals surface area contributed by atoms with Crippen molar-refractivity contribution in [3.05, 3.63) is 29.6 Å². The number of halogens is 1. The zero-order valence-corrected chi connectivity index (χ0v) is 9.90. The predicted molar refractivity (Wildman–Crippen MR) is 61.8 cm³/mol. The molecule has 2 N–H and O–H groups in total. The van der Waals surface area contributed by atoms with E-state index in [1.54, 1.807) is 0 Å². The second kappa shape index (κ2) is 6.32. The minimum atomic E-state index is -0.752. The lowest BCUT2D eigenvalue weighted by atomic mass is 10.0. The van der Waals surface area contributed by atoms with Crippen LogP contribution < -0.4 is 10.5 Å². The van der Waals surface area contributed by atoms with Crippen molar-refractivity contribution in [2.24, 2.45) is 5.73 Å². The average molecular weight is 241 g/mol. The molecule has 0 spiro atoms. The first-order valence-electron chi connectivity index (χ1n) is 5.22. The minimum Gasteiger partial charge on any atom is -0.497 e. The summed E-state index contributed by atoms with van der Waals surface area (Å²) in [6.45, 7) is 0.366. The van der Waals surface area contributed by atoms with E-state index in [0.717, 1.165) is 6.07 Å². The fraction of sp³-hybridized carbons (Fsp3) is 0.417. The molecule has 0 heterocycles. The number of carbonyl (C=O) groups is 1. The lowest BCUT2D eigenvalue weighted by molar-refractivity contribution is 0.0931. The molecule has 4 nitrogen and oxygen atoms in total. The van der Waals surface area contributed by atoms with Gasteiger partial charge in [0, 0.05) is 19.8 Å². The maximum Gasteiger partial charge on any atom is 0.182 e. The first-order chi connectivity index (χ1) is 8.10. The fourth-order valence-electron chi connectivity index (χ4n) is 1.40. The van der Waals surface area contributed by atoms with Crippen LogP contribution in [0.3, 0.4) is 0 Å². The molecule has 0 aliphatic carbocycles. The molecule has 0 saturated carbocycles. The number of rotatable bonds is 6. The fourth-order valence-corrected chi connectivity index (χ4v) is 1.40. The monoisotopic (exact) mass is 241 g/mol. The maximum absolute atomic E-state index is 13.6. The summed E-state index contributed by atoms with van der Waals surface area (Å²) >= 11 is 0. The summed E-state index contributed by atoms with van der Waals surface area (Å²) in [6, 6.07) is 3.32. The van der Waals surface area contributed by atoms with Crippen molar-refractivity contribution in [3.8, 4) is 5.75 Å². The summed E-state index contributed by atoms with van der Waals surface area (Å²) in [4.78, 5) is 11.8. The Bertz CT molecular complexity index is 395. The van der Waals surface area contributed by atoms with Gasteiger partial charge in [0.15, 0.2) is 5.78 Å². The van der Waals surface area contributed by atoms with E-state index in [2.05, 4.69) is 0 Å². The predicted octanol–water partition coefficient (Wildman–Crippen LogP) is 1.38. The van der Waals surface area contributed by atoms with Crippen molar-refractivity contribution in [2.45, 2.75) is 12.5 Å². The van der Waals surface area contributed by atoms with Gasteiger partial charge in [-0.15, -0.1) is 0 Å². The van der Waals surface area contributed by atoms with Gasteiger partial charge in [0.1, 0.15) is 11.6 Å². The summed E-state index contributed by atoms with van der Waals surface area (Å²) in [6.07, 6.45) is 0.362. The Kier molecular flexibility index (Phi) is 5.06. The molecule has 1 aromatic rings. The standard InChI is InChI=1S/C12H16FNO3/c1-16-6-5-11(14)12(15)9-4-3-8(17-2)7-10(9)13/h3-4,7,11H,5-6,14H2,1-2H3. The Balaban J connectivity index is 2.81. The normalized spacial score (nSPS) is 12.2. The van der Waals surface area contributed by atoms with E-state index in [1.165, 1.54) is 26.4 Å². The van der Waals surface area contributed by atoms with E-state index < -0.39 is 17.6 Å². The van der Waals surface area contributed by atoms with Gasteiger partial charge in [0.2, 0.25) is 0 Å². The van der Waals surface area contributed by atoms with Crippen molar-refractivity contribution in [1.82, 2.24) is 0 Å². The van der Waals surface area contributed by atoms with E-state index in [0.29, 0.717) is 18.8 Å². The first-order valence-corrected chi connectivity index (χ1v) is 5.22. The number of nitrogens with two attached hydrogens (primary N) is 1. The summed E-state index contributed by atoms with van der Waals surface area (Å²) in [5.74, 6) is -0.686. The second-order valence-corrected chi connectivity index (χ2v) is 3.60. The molecule has 1 unspecified atom stereocenters. The molecule has 0 amide bonds. The number of benzene rings is 1. The minimum absolute atomic E-state index is 0.0191. The van der Waals surface area contributed by atoms with Crippen molar-refractivity contribution >= 4 is 5.78 Å². The van der Waals surface area contributed by atoms with Crippen molar-refractivity contribution in [2.75, 3.05) is 20.8 Å². The molecule has 1 atom stereocenters. The van der Waals surface area contributed by atoms with Gasteiger partial charge < -0.3 is 15.2 Å². The molecule has 0 saturated heterocycles. The highest BCUT2D eigenvalue weighted by molar-refractivity contribution is 6.00. The molecular weight excluding hydrogens is 225 g/mol. The number of carbonyl (C=O) groups excluding carboxylic acids is 1. The molecule has 0 radical (unpaired) electrons. The number of ketones is 1. The van der Waals surface area contributed by atoms with Crippen LogP contribution in [0, 0.1) is 5.82 Å². The van der Waals surface area contributed by atoms with Crippen molar-refractivity contribution < 1.29 is 18.7 Å².